The van der Waals surface area contributed by atoms with Crippen molar-refractivity contribution in [3.05, 3.63) is 0 Å². The van der Waals surface area contributed by atoms with E-state index in [4.69, 9.17) is 16.3 Å². The van der Waals surface area contributed by atoms with Crippen LogP contribution in [0.2, 0.25) is 0 Å². The zero-order chi connectivity index (χ0) is 12.1. The highest BCUT2D eigenvalue weighted by atomic mass is 35.5. The molecule has 5 nitrogen and oxygen atoms in total. The molecule has 1 unspecified atom stereocenters. The Labute approximate surface area is 100 Å². The molecule has 0 radical (unpaired) electrons. The number of carbonyl (C=O) groups is 2. The van der Waals surface area contributed by atoms with Crippen LogP contribution in [0, 0.1) is 0 Å². The van der Waals surface area contributed by atoms with Gasteiger partial charge in [-0.25, -0.2) is 4.79 Å². The average molecular weight is 249 g/mol. The van der Waals surface area contributed by atoms with Crippen molar-refractivity contribution < 1.29 is 14.3 Å². The van der Waals surface area contributed by atoms with Gasteiger partial charge in [-0.05, 0) is 24.9 Å². The van der Waals surface area contributed by atoms with Gasteiger partial charge in [-0.2, -0.15) is 0 Å². The zero-order valence-corrected chi connectivity index (χ0v) is 10.4. The molecular weight excluding hydrogens is 232 g/mol. The smallest absolute Gasteiger partial charge is 0.410 e. The van der Waals surface area contributed by atoms with Crippen molar-refractivity contribution in [3.8, 4) is 0 Å². The molecule has 6 heteroatoms. The van der Waals surface area contributed by atoms with Gasteiger partial charge >= 0.3 is 11.5 Å². The van der Waals surface area contributed by atoms with Crippen LogP contribution in [0.5, 0.6) is 0 Å². The maximum Gasteiger partial charge on any atom is 0.410 e. The topological polar surface area (TPSA) is 49.9 Å². The second-order valence-corrected chi connectivity index (χ2v) is 4.15. The highest BCUT2D eigenvalue weighted by molar-refractivity contribution is 6.62. The Bertz CT molecular complexity index is 265. The van der Waals surface area contributed by atoms with E-state index in [0.29, 0.717) is 26.2 Å². The van der Waals surface area contributed by atoms with Gasteiger partial charge in [0.05, 0.1) is 0 Å². The van der Waals surface area contributed by atoms with Crippen molar-refractivity contribution >= 4 is 23.1 Å². The number of hydrogen-bond acceptors (Lipinski definition) is 3. The van der Waals surface area contributed by atoms with E-state index in [9.17, 15) is 9.59 Å². The number of rotatable bonds is 2. The van der Waals surface area contributed by atoms with E-state index in [1.165, 1.54) is 4.90 Å². The molecule has 1 fully saturated rings. The summed E-state index contributed by atoms with van der Waals surface area (Å²) in [6.45, 7) is 5.72. The molecule has 0 aromatic rings. The first-order valence-electron chi connectivity index (χ1n) is 5.44. The quantitative estimate of drug-likeness (QED) is 0.554. The van der Waals surface area contributed by atoms with Gasteiger partial charge in [0, 0.05) is 26.2 Å². The fourth-order valence-electron chi connectivity index (χ4n) is 1.39. The molecule has 1 atom stereocenters. The van der Waals surface area contributed by atoms with Gasteiger partial charge in [0.1, 0.15) is 6.10 Å². The van der Waals surface area contributed by atoms with Crippen molar-refractivity contribution in [1.82, 2.24) is 9.80 Å². The number of hydrogen-bond donors (Lipinski definition) is 0. The molecule has 16 heavy (non-hydrogen) atoms. The molecule has 1 rings (SSSR count). The van der Waals surface area contributed by atoms with Gasteiger partial charge in [0.25, 0.3) is 0 Å². The molecule has 92 valence electrons. The summed E-state index contributed by atoms with van der Waals surface area (Å²) >= 11 is 5.34. The van der Waals surface area contributed by atoms with Crippen LogP contribution < -0.4 is 0 Å². The fourth-order valence-corrected chi connectivity index (χ4v) is 1.56. The lowest BCUT2D eigenvalue weighted by atomic mass is 10.3. The number of carbonyl (C=O) groups excluding carboxylic acids is 2. The van der Waals surface area contributed by atoms with Crippen LogP contribution in [0.25, 0.3) is 0 Å². The SMILES string of the molecule is CCC(C)OC(=O)N1CCN(C(=O)Cl)CC1. The van der Waals surface area contributed by atoms with E-state index in [2.05, 4.69) is 0 Å². The second-order valence-electron chi connectivity index (χ2n) is 3.83. The first-order chi connectivity index (χ1) is 7.54. The summed E-state index contributed by atoms with van der Waals surface area (Å²) in [7, 11) is 0. The fraction of sp³-hybridized carbons (Fsp3) is 0.800. The van der Waals surface area contributed by atoms with E-state index in [1.807, 2.05) is 13.8 Å². The molecule has 1 heterocycles. The van der Waals surface area contributed by atoms with Gasteiger partial charge in [-0.1, -0.05) is 6.92 Å². The Balaban J connectivity index is 2.36. The summed E-state index contributed by atoms with van der Waals surface area (Å²) in [5.74, 6) is 0. The second kappa shape index (κ2) is 5.94. The molecule has 1 aliphatic rings. The standard InChI is InChI=1S/C10H17ClN2O3/c1-3-8(2)16-10(15)13-6-4-12(5-7-13)9(11)14/h8H,3-7H2,1-2H3. The molecule has 1 saturated heterocycles. The summed E-state index contributed by atoms with van der Waals surface area (Å²) in [6.07, 6.45) is 0.419. The van der Waals surface area contributed by atoms with Crippen LogP contribution in [-0.4, -0.2) is 53.5 Å². The predicted molar refractivity (Wildman–Crippen MR) is 60.6 cm³/mol. The van der Waals surface area contributed by atoms with Gasteiger partial charge in [0.2, 0.25) is 0 Å². The third-order valence-corrected chi connectivity index (χ3v) is 2.90. The molecule has 0 aromatic heterocycles. The number of piperazine rings is 1. The van der Waals surface area contributed by atoms with Crippen molar-refractivity contribution in [2.24, 2.45) is 0 Å². The summed E-state index contributed by atoms with van der Waals surface area (Å²) in [5.41, 5.74) is 0. The number of ether oxygens (including phenoxy) is 1. The molecule has 0 N–H and O–H groups in total. The lowest BCUT2D eigenvalue weighted by molar-refractivity contribution is 0.0562. The maximum absolute atomic E-state index is 11.6. The Morgan fingerprint density at radius 2 is 1.75 bits per heavy atom. The lowest BCUT2D eigenvalue weighted by Gasteiger charge is -2.33. The Kier molecular flexibility index (Phi) is 4.86. The van der Waals surface area contributed by atoms with Crippen molar-refractivity contribution in [1.29, 1.82) is 0 Å². The maximum atomic E-state index is 11.6. The third kappa shape index (κ3) is 3.56. The number of halogens is 1. The highest BCUT2D eigenvalue weighted by Crippen LogP contribution is 2.08. The van der Waals surface area contributed by atoms with Gasteiger partial charge in [-0.15, -0.1) is 0 Å². The van der Waals surface area contributed by atoms with Gasteiger partial charge in [0.15, 0.2) is 0 Å². The first kappa shape index (κ1) is 13.1. The average Bonchev–Trinajstić information content (AvgIpc) is 2.28. The van der Waals surface area contributed by atoms with E-state index in [1.54, 1.807) is 4.90 Å². The Morgan fingerprint density at radius 1 is 1.25 bits per heavy atom. The van der Waals surface area contributed by atoms with E-state index in [-0.39, 0.29) is 12.2 Å². The largest absolute Gasteiger partial charge is 0.446 e. The Hall–Kier alpha value is -0.970. The molecular formula is C10H17ClN2O3. The monoisotopic (exact) mass is 248 g/mol. The Morgan fingerprint density at radius 3 is 2.19 bits per heavy atom. The predicted octanol–water partition coefficient (Wildman–Crippen LogP) is 1.90. The van der Waals surface area contributed by atoms with E-state index < -0.39 is 5.37 Å². The molecule has 0 aliphatic carbocycles. The number of nitrogens with zero attached hydrogens (tertiary/aromatic N) is 2. The molecule has 1 aliphatic heterocycles. The van der Waals surface area contributed by atoms with Gasteiger partial charge in [-0.3, -0.25) is 4.79 Å². The minimum Gasteiger partial charge on any atom is -0.446 e. The molecule has 0 saturated carbocycles. The first-order valence-corrected chi connectivity index (χ1v) is 5.82. The van der Waals surface area contributed by atoms with Crippen LogP contribution in [0.4, 0.5) is 9.59 Å². The highest BCUT2D eigenvalue weighted by Gasteiger charge is 2.24. The zero-order valence-electron chi connectivity index (χ0n) is 9.61. The minimum atomic E-state index is -0.463. The van der Waals surface area contributed by atoms with Crippen LogP contribution in [-0.2, 0) is 4.74 Å². The van der Waals surface area contributed by atoms with Crippen LogP contribution in [0.3, 0.4) is 0 Å². The van der Waals surface area contributed by atoms with Crippen molar-refractivity contribution in [2.45, 2.75) is 26.4 Å². The van der Waals surface area contributed by atoms with Crippen molar-refractivity contribution in [3.63, 3.8) is 0 Å². The third-order valence-electron chi connectivity index (χ3n) is 2.66. The molecule has 0 bridgehead atoms. The molecule has 2 amide bonds. The lowest BCUT2D eigenvalue weighted by Crippen LogP contribution is -2.49. The van der Waals surface area contributed by atoms with Crippen LogP contribution in [0.1, 0.15) is 20.3 Å². The summed E-state index contributed by atoms with van der Waals surface area (Å²) in [5, 5.41) is -0.463. The van der Waals surface area contributed by atoms with Crippen molar-refractivity contribution in [2.75, 3.05) is 26.2 Å². The van der Waals surface area contributed by atoms with Crippen LogP contribution >= 0.6 is 11.6 Å². The summed E-state index contributed by atoms with van der Waals surface area (Å²) in [4.78, 5) is 25.6. The summed E-state index contributed by atoms with van der Waals surface area (Å²) < 4.78 is 5.19. The molecule has 0 aromatic carbocycles. The summed E-state index contributed by atoms with van der Waals surface area (Å²) in [6, 6.07) is 0. The number of amides is 2. The minimum absolute atomic E-state index is 0.0693. The normalized spacial score (nSPS) is 18.2. The van der Waals surface area contributed by atoms with Gasteiger partial charge < -0.3 is 14.5 Å². The van der Waals surface area contributed by atoms with E-state index >= 15 is 0 Å². The van der Waals surface area contributed by atoms with E-state index in [0.717, 1.165) is 6.42 Å². The molecule has 0 spiro atoms. The van der Waals surface area contributed by atoms with Crippen LogP contribution in [0.15, 0.2) is 0 Å².